The highest BCUT2D eigenvalue weighted by molar-refractivity contribution is 6.33. The first kappa shape index (κ1) is 8.99. The number of fused-ring (bicyclic) bond motifs is 1. The third kappa shape index (κ3) is 1.84. The maximum Gasteiger partial charge on any atom is 0.708 e. The molecule has 0 aliphatic carbocycles. The van der Waals surface area contributed by atoms with Gasteiger partial charge in [0.15, 0.2) is 5.88 Å². The van der Waals surface area contributed by atoms with Gasteiger partial charge < -0.3 is 14.7 Å². The molecule has 2 N–H and O–H groups in total. The molecule has 0 aliphatic rings. The molecule has 2 rings (SSSR count). The molecule has 14 heavy (non-hydrogen) atoms. The summed E-state index contributed by atoms with van der Waals surface area (Å²) in [5, 5.41) is 18.1. The van der Waals surface area contributed by atoms with Crippen molar-refractivity contribution < 1.29 is 14.7 Å². The molecule has 0 radical (unpaired) electrons. The normalized spacial score (nSPS) is 10.1. The minimum Gasteiger partial charge on any atom is -0.498 e. The molecule has 1 aromatic heterocycles. The van der Waals surface area contributed by atoms with Crippen LogP contribution >= 0.6 is 0 Å². The highest BCUT2D eigenvalue weighted by atomic mass is 16.6. The Bertz CT molecular complexity index is 447. The minimum absolute atomic E-state index is 0.193. The van der Waals surface area contributed by atoms with E-state index in [2.05, 4.69) is 9.64 Å². The van der Waals surface area contributed by atoms with Crippen LogP contribution < -0.4 is 4.65 Å². The SMILES string of the molecule is OB(O)Oc1ccc2ccccc2n1. The van der Waals surface area contributed by atoms with Gasteiger partial charge in [0.25, 0.3) is 0 Å². The zero-order valence-electron chi connectivity index (χ0n) is 7.29. The summed E-state index contributed by atoms with van der Waals surface area (Å²) >= 11 is 0. The number of rotatable bonds is 2. The van der Waals surface area contributed by atoms with Gasteiger partial charge in [-0.15, -0.1) is 0 Å². The van der Waals surface area contributed by atoms with E-state index in [0.717, 1.165) is 10.9 Å². The van der Waals surface area contributed by atoms with Gasteiger partial charge in [-0.05, 0) is 18.2 Å². The van der Waals surface area contributed by atoms with Crippen LogP contribution in [-0.2, 0) is 0 Å². The molecule has 0 fully saturated rings. The number of nitrogens with zero attached hydrogens (tertiary/aromatic N) is 1. The lowest BCUT2D eigenvalue weighted by molar-refractivity contribution is 0.284. The van der Waals surface area contributed by atoms with Gasteiger partial charge in [-0.3, -0.25) is 0 Å². The predicted molar refractivity (Wildman–Crippen MR) is 52.6 cm³/mol. The Hall–Kier alpha value is -1.59. The Balaban J connectivity index is 2.41. The van der Waals surface area contributed by atoms with E-state index in [9.17, 15) is 0 Å². The largest absolute Gasteiger partial charge is 0.708 e. The zero-order valence-corrected chi connectivity index (χ0v) is 7.29. The molecule has 0 amide bonds. The monoisotopic (exact) mass is 189 g/mol. The second kappa shape index (κ2) is 3.65. The Morgan fingerprint density at radius 2 is 1.86 bits per heavy atom. The molecular formula is C9H8BNO3. The molecule has 0 spiro atoms. The average molecular weight is 189 g/mol. The lowest BCUT2D eigenvalue weighted by Gasteiger charge is -2.04. The number of aromatic nitrogens is 1. The number of para-hydroxylation sites is 1. The molecule has 4 nitrogen and oxygen atoms in total. The van der Waals surface area contributed by atoms with Gasteiger partial charge in [-0.2, -0.15) is 0 Å². The Morgan fingerprint density at radius 1 is 1.07 bits per heavy atom. The van der Waals surface area contributed by atoms with Gasteiger partial charge in [0.1, 0.15) is 0 Å². The number of hydrogen-bond acceptors (Lipinski definition) is 4. The summed E-state index contributed by atoms with van der Waals surface area (Å²) in [6, 6.07) is 10.9. The van der Waals surface area contributed by atoms with Crippen LogP contribution in [0.4, 0.5) is 0 Å². The standard InChI is InChI=1S/C9H8BNO3/c12-10(13)14-9-6-5-7-3-1-2-4-8(7)11-9/h1-6,12-13H. The molecule has 0 aliphatic heterocycles. The Labute approximate surface area is 81.0 Å². The van der Waals surface area contributed by atoms with Crippen LogP contribution in [-0.4, -0.2) is 22.4 Å². The van der Waals surface area contributed by atoms with Gasteiger partial charge in [0.2, 0.25) is 0 Å². The second-order valence-electron chi connectivity index (χ2n) is 2.79. The topological polar surface area (TPSA) is 62.6 Å². The van der Waals surface area contributed by atoms with E-state index in [1.807, 2.05) is 24.3 Å². The molecule has 0 atom stereocenters. The van der Waals surface area contributed by atoms with Crippen LogP contribution in [0.25, 0.3) is 10.9 Å². The van der Waals surface area contributed by atoms with Crippen LogP contribution in [0.1, 0.15) is 0 Å². The number of pyridine rings is 1. The summed E-state index contributed by atoms with van der Waals surface area (Å²) in [5.74, 6) is 0.193. The minimum atomic E-state index is -1.83. The van der Waals surface area contributed by atoms with Gasteiger partial charge >= 0.3 is 7.32 Å². The van der Waals surface area contributed by atoms with Crippen molar-refractivity contribution in [1.82, 2.24) is 4.98 Å². The molecule has 1 heterocycles. The molecule has 70 valence electrons. The molecule has 0 unspecified atom stereocenters. The highest BCUT2D eigenvalue weighted by Crippen LogP contribution is 2.15. The van der Waals surface area contributed by atoms with Crippen molar-refractivity contribution in [3.8, 4) is 5.88 Å². The van der Waals surface area contributed by atoms with E-state index < -0.39 is 7.32 Å². The van der Waals surface area contributed by atoms with Gasteiger partial charge in [-0.25, -0.2) is 4.98 Å². The van der Waals surface area contributed by atoms with E-state index in [-0.39, 0.29) is 5.88 Å². The van der Waals surface area contributed by atoms with Crippen molar-refractivity contribution in [2.24, 2.45) is 0 Å². The third-order valence-electron chi connectivity index (χ3n) is 1.80. The van der Waals surface area contributed by atoms with E-state index in [0.29, 0.717) is 0 Å². The Morgan fingerprint density at radius 3 is 2.64 bits per heavy atom. The van der Waals surface area contributed by atoms with E-state index in [1.54, 1.807) is 12.1 Å². The van der Waals surface area contributed by atoms with Crippen LogP contribution in [0.5, 0.6) is 5.88 Å². The molecule has 5 heteroatoms. The van der Waals surface area contributed by atoms with Crippen LogP contribution in [0, 0.1) is 0 Å². The third-order valence-corrected chi connectivity index (χ3v) is 1.80. The van der Waals surface area contributed by atoms with Crippen molar-refractivity contribution in [3.05, 3.63) is 36.4 Å². The lowest BCUT2D eigenvalue weighted by Crippen LogP contribution is -2.21. The summed E-state index contributed by atoms with van der Waals surface area (Å²) < 4.78 is 4.62. The average Bonchev–Trinajstić information content (AvgIpc) is 2.17. The fraction of sp³-hybridized carbons (Fsp3) is 0. The van der Waals surface area contributed by atoms with E-state index in [4.69, 9.17) is 10.0 Å². The summed E-state index contributed by atoms with van der Waals surface area (Å²) in [5.41, 5.74) is 0.755. The summed E-state index contributed by atoms with van der Waals surface area (Å²) in [4.78, 5) is 4.07. The lowest BCUT2D eigenvalue weighted by atomic mass is 10.2. The van der Waals surface area contributed by atoms with Crippen molar-refractivity contribution >= 4 is 18.2 Å². The highest BCUT2D eigenvalue weighted by Gasteiger charge is 2.11. The summed E-state index contributed by atoms with van der Waals surface area (Å²) in [6.45, 7) is 0. The molecule has 2 aromatic rings. The zero-order chi connectivity index (χ0) is 9.97. The Kier molecular flexibility index (Phi) is 2.34. The maximum absolute atomic E-state index is 8.57. The van der Waals surface area contributed by atoms with Crippen molar-refractivity contribution in [1.29, 1.82) is 0 Å². The number of hydrogen-bond donors (Lipinski definition) is 2. The molecule has 0 saturated heterocycles. The van der Waals surface area contributed by atoms with Gasteiger partial charge in [-0.1, -0.05) is 18.2 Å². The summed E-state index contributed by atoms with van der Waals surface area (Å²) in [6.07, 6.45) is 0. The fourth-order valence-electron chi connectivity index (χ4n) is 1.22. The molecular weight excluding hydrogens is 181 g/mol. The second-order valence-corrected chi connectivity index (χ2v) is 2.79. The molecule has 0 saturated carbocycles. The molecule has 0 bridgehead atoms. The maximum atomic E-state index is 8.57. The smallest absolute Gasteiger partial charge is 0.498 e. The van der Waals surface area contributed by atoms with Crippen LogP contribution in [0.3, 0.4) is 0 Å². The molecule has 1 aromatic carbocycles. The van der Waals surface area contributed by atoms with Crippen LogP contribution in [0.2, 0.25) is 0 Å². The first-order chi connectivity index (χ1) is 6.75. The summed E-state index contributed by atoms with van der Waals surface area (Å²) in [7, 11) is -1.83. The van der Waals surface area contributed by atoms with Gasteiger partial charge in [0.05, 0.1) is 5.52 Å². The first-order valence-electron chi connectivity index (χ1n) is 4.14. The van der Waals surface area contributed by atoms with E-state index >= 15 is 0 Å². The van der Waals surface area contributed by atoms with Crippen molar-refractivity contribution in [2.45, 2.75) is 0 Å². The fourth-order valence-corrected chi connectivity index (χ4v) is 1.22. The number of benzene rings is 1. The van der Waals surface area contributed by atoms with Crippen LogP contribution in [0.15, 0.2) is 36.4 Å². The van der Waals surface area contributed by atoms with Gasteiger partial charge in [0, 0.05) is 5.39 Å². The van der Waals surface area contributed by atoms with Crippen molar-refractivity contribution in [3.63, 3.8) is 0 Å². The van der Waals surface area contributed by atoms with E-state index in [1.165, 1.54) is 0 Å². The first-order valence-corrected chi connectivity index (χ1v) is 4.14. The quantitative estimate of drug-likeness (QED) is 0.678. The van der Waals surface area contributed by atoms with Crippen molar-refractivity contribution in [2.75, 3.05) is 0 Å². The predicted octanol–water partition coefficient (Wildman–Crippen LogP) is 0.583.